The minimum atomic E-state index is -4.71. The number of sulfonamides is 1. The van der Waals surface area contributed by atoms with Crippen LogP contribution in [0.1, 0.15) is 0 Å². The van der Waals surface area contributed by atoms with Gasteiger partial charge in [-0.3, -0.25) is 0 Å². The third kappa shape index (κ3) is 4.37. The monoisotopic (exact) mass is 299 g/mol. The molecule has 0 fully saturated rings. The highest BCUT2D eigenvalue weighted by molar-refractivity contribution is 7.89. The summed E-state index contributed by atoms with van der Waals surface area (Å²) in [5.41, 5.74) is 0. The van der Waals surface area contributed by atoms with Gasteiger partial charge < -0.3 is 10.2 Å². The molecule has 0 aromatic heterocycles. The number of halogens is 3. The third-order valence-corrected chi connectivity index (χ3v) is 4.04. The summed E-state index contributed by atoms with van der Waals surface area (Å²) in [6, 6.07) is 4.09. The number of benzene rings is 1. The van der Waals surface area contributed by atoms with Crippen molar-refractivity contribution in [2.24, 2.45) is 0 Å². The maximum absolute atomic E-state index is 12.3. The van der Waals surface area contributed by atoms with E-state index in [0.717, 1.165) is 24.3 Å². The predicted octanol–water partition coefficient (Wildman–Crippen LogP) is 0.938. The minimum Gasteiger partial charge on any atom is -0.508 e. The van der Waals surface area contributed by atoms with E-state index in [2.05, 4.69) is 0 Å². The fraction of sp³-hybridized carbons (Fsp3) is 0.400. The van der Waals surface area contributed by atoms with Crippen LogP contribution >= 0.6 is 0 Å². The maximum atomic E-state index is 12.3. The zero-order chi connectivity index (χ0) is 14.7. The topological polar surface area (TPSA) is 77.8 Å². The Bertz CT molecular complexity index is 513. The number of alkyl halides is 3. The number of aliphatic hydroxyl groups excluding tert-OH is 1. The zero-order valence-electron chi connectivity index (χ0n) is 9.63. The molecule has 0 bridgehead atoms. The quantitative estimate of drug-likeness (QED) is 0.848. The van der Waals surface area contributed by atoms with Crippen molar-refractivity contribution in [1.29, 1.82) is 0 Å². The number of aliphatic hydroxyl groups is 1. The van der Waals surface area contributed by atoms with Gasteiger partial charge >= 0.3 is 6.18 Å². The summed E-state index contributed by atoms with van der Waals surface area (Å²) in [6.07, 6.45) is -4.71. The summed E-state index contributed by atoms with van der Waals surface area (Å²) < 4.78 is 61.0. The second-order valence-corrected chi connectivity index (χ2v) is 5.61. The van der Waals surface area contributed by atoms with Crippen LogP contribution in [0.25, 0.3) is 0 Å². The van der Waals surface area contributed by atoms with Crippen LogP contribution in [-0.4, -0.2) is 48.8 Å². The van der Waals surface area contributed by atoms with Gasteiger partial charge in [-0.1, -0.05) is 0 Å². The van der Waals surface area contributed by atoms with Gasteiger partial charge in [-0.15, -0.1) is 0 Å². The van der Waals surface area contributed by atoms with Gasteiger partial charge in [-0.25, -0.2) is 8.42 Å². The largest absolute Gasteiger partial charge is 0.508 e. The molecule has 0 saturated heterocycles. The lowest BCUT2D eigenvalue weighted by molar-refractivity contribution is -0.136. The summed E-state index contributed by atoms with van der Waals surface area (Å²) in [4.78, 5) is -0.386. The standard InChI is InChI=1S/C10H12F3NO4S/c11-10(12,13)7-14(5-6-15)19(17,18)9-3-1-8(16)2-4-9/h1-4,15-16H,5-7H2. The molecule has 0 saturated carbocycles. The van der Waals surface area contributed by atoms with E-state index < -0.39 is 35.9 Å². The second-order valence-electron chi connectivity index (χ2n) is 3.67. The average Bonchev–Trinajstić information content (AvgIpc) is 2.27. The van der Waals surface area contributed by atoms with Gasteiger partial charge in [0.05, 0.1) is 11.5 Å². The fourth-order valence-corrected chi connectivity index (χ4v) is 2.78. The van der Waals surface area contributed by atoms with Crippen molar-refractivity contribution >= 4 is 10.0 Å². The molecule has 1 aromatic rings. The van der Waals surface area contributed by atoms with Gasteiger partial charge in [0.25, 0.3) is 0 Å². The Labute approximate surface area is 107 Å². The number of aromatic hydroxyl groups is 1. The van der Waals surface area contributed by atoms with Crippen LogP contribution in [0.15, 0.2) is 29.2 Å². The first kappa shape index (κ1) is 15.7. The van der Waals surface area contributed by atoms with Gasteiger partial charge in [0.1, 0.15) is 12.3 Å². The molecule has 1 rings (SSSR count). The number of hydrogen-bond donors (Lipinski definition) is 2. The Morgan fingerprint density at radius 2 is 1.68 bits per heavy atom. The highest BCUT2D eigenvalue weighted by Gasteiger charge is 2.36. The summed E-state index contributed by atoms with van der Waals surface area (Å²) in [5.74, 6) is -0.205. The zero-order valence-corrected chi connectivity index (χ0v) is 10.4. The number of nitrogens with zero attached hydrogens (tertiary/aromatic N) is 1. The number of rotatable bonds is 5. The van der Waals surface area contributed by atoms with E-state index >= 15 is 0 Å². The molecule has 0 heterocycles. The Hall–Kier alpha value is -1.32. The van der Waals surface area contributed by atoms with E-state index in [4.69, 9.17) is 10.2 Å². The Morgan fingerprint density at radius 3 is 2.11 bits per heavy atom. The third-order valence-electron chi connectivity index (χ3n) is 2.18. The SMILES string of the molecule is O=S(=O)(c1ccc(O)cc1)N(CCO)CC(F)(F)F. The van der Waals surface area contributed by atoms with Crippen molar-refractivity contribution < 1.29 is 31.8 Å². The van der Waals surface area contributed by atoms with E-state index in [1.807, 2.05) is 0 Å². The molecule has 0 aliphatic heterocycles. The van der Waals surface area contributed by atoms with E-state index in [9.17, 15) is 21.6 Å². The summed E-state index contributed by atoms with van der Waals surface area (Å²) in [6.45, 7) is -3.08. The normalized spacial score (nSPS) is 12.9. The van der Waals surface area contributed by atoms with Gasteiger partial charge in [-0.05, 0) is 24.3 Å². The lowest BCUT2D eigenvalue weighted by atomic mass is 10.3. The molecular formula is C10H12F3NO4S. The van der Waals surface area contributed by atoms with Crippen molar-refractivity contribution in [1.82, 2.24) is 4.31 Å². The van der Waals surface area contributed by atoms with Crippen molar-refractivity contribution in [3.63, 3.8) is 0 Å². The van der Waals surface area contributed by atoms with E-state index in [1.54, 1.807) is 0 Å². The lowest BCUT2D eigenvalue weighted by Gasteiger charge is -2.22. The highest BCUT2D eigenvalue weighted by Crippen LogP contribution is 2.23. The highest BCUT2D eigenvalue weighted by atomic mass is 32.2. The van der Waals surface area contributed by atoms with Crippen molar-refractivity contribution in [3.05, 3.63) is 24.3 Å². The molecule has 0 atom stereocenters. The summed E-state index contributed by atoms with van der Waals surface area (Å²) in [7, 11) is -4.37. The van der Waals surface area contributed by atoms with Crippen LogP contribution in [0.4, 0.5) is 13.2 Å². The van der Waals surface area contributed by atoms with Crippen molar-refractivity contribution in [2.45, 2.75) is 11.1 Å². The number of phenols is 1. The Balaban J connectivity index is 3.09. The summed E-state index contributed by atoms with van der Waals surface area (Å²) in [5, 5.41) is 17.7. The van der Waals surface area contributed by atoms with Gasteiger partial charge in [0.2, 0.25) is 10.0 Å². The van der Waals surface area contributed by atoms with Crippen LogP contribution in [0.5, 0.6) is 5.75 Å². The molecule has 0 spiro atoms. The fourth-order valence-electron chi connectivity index (χ4n) is 1.36. The molecule has 0 radical (unpaired) electrons. The minimum absolute atomic E-state index is 0.138. The first-order valence-electron chi connectivity index (χ1n) is 5.13. The van der Waals surface area contributed by atoms with Gasteiger partial charge in [0, 0.05) is 6.54 Å². The van der Waals surface area contributed by atoms with Crippen LogP contribution in [0.3, 0.4) is 0 Å². The first-order chi connectivity index (χ1) is 8.66. The molecule has 2 N–H and O–H groups in total. The molecule has 19 heavy (non-hydrogen) atoms. The molecule has 5 nitrogen and oxygen atoms in total. The smallest absolute Gasteiger partial charge is 0.402 e. The van der Waals surface area contributed by atoms with Crippen LogP contribution in [0.2, 0.25) is 0 Å². The molecule has 1 aromatic carbocycles. The van der Waals surface area contributed by atoms with E-state index in [1.165, 1.54) is 0 Å². The Kier molecular flexibility index (Phi) is 4.77. The molecule has 9 heteroatoms. The van der Waals surface area contributed by atoms with Crippen LogP contribution in [0, 0.1) is 0 Å². The lowest BCUT2D eigenvalue weighted by Crippen LogP contribution is -2.40. The number of hydrogen-bond acceptors (Lipinski definition) is 4. The van der Waals surface area contributed by atoms with Gasteiger partial charge in [-0.2, -0.15) is 17.5 Å². The number of phenolic OH excluding ortho intramolecular Hbond substituents is 1. The van der Waals surface area contributed by atoms with Crippen LogP contribution in [-0.2, 0) is 10.0 Å². The second kappa shape index (κ2) is 5.76. The first-order valence-corrected chi connectivity index (χ1v) is 6.57. The predicted molar refractivity (Wildman–Crippen MR) is 60.0 cm³/mol. The molecule has 0 amide bonds. The van der Waals surface area contributed by atoms with E-state index in [-0.39, 0.29) is 15.0 Å². The molecule has 0 unspecified atom stereocenters. The van der Waals surface area contributed by atoms with Crippen molar-refractivity contribution in [2.75, 3.05) is 19.7 Å². The molecule has 0 aliphatic rings. The van der Waals surface area contributed by atoms with Crippen molar-refractivity contribution in [3.8, 4) is 5.75 Å². The molecule has 0 aliphatic carbocycles. The maximum Gasteiger partial charge on any atom is 0.402 e. The van der Waals surface area contributed by atoms with Crippen LogP contribution < -0.4 is 0 Å². The molecular weight excluding hydrogens is 287 g/mol. The Morgan fingerprint density at radius 1 is 1.16 bits per heavy atom. The van der Waals surface area contributed by atoms with E-state index in [0.29, 0.717) is 0 Å². The summed E-state index contributed by atoms with van der Waals surface area (Å²) >= 11 is 0. The molecule has 108 valence electrons. The average molecular weight is 299 g/mol. The van der Waals surface area contributed by atoms with Gasteiger partial charge in [0.15, 0.2) is 0 Å².